The highest BCUT2D eigenvalue weighted by Gasteiger charge is 2.23. The number of nitrogens with zero attached hydrogens (tertiary/aromatic N) is 3. The lowest BCUT2D eigenvalue weighted by atomic mass is 10.1. The van der Waals surface area contributed by atoms with Gasteiger partial charge in [-0.2, -0.15) is 0 Å². The Morgan fingerprint density at radius 3 is 2.57 bits per heavy atom. The van der Waals surface area contributed by atoms with E-state index in [2.05, 4.69) is 4.90 Å². The quantitative estimate of drug-likeness (QED) is 0.611. The molecule has 164 valence electrons. The van der Waals surface area contributed by atoms with E-state index in [0.29, 0.717) is 55.5 Å². The predicted octanol–water partition coefficient (Wildman–Crippen LogP) is 3.89. The van der Waals surface area contributed by atoms with Crippen LogP contribution in [-0.4, -0.2) is 78.5 Å². The molecule has 8 heteroatoms. The zero-order valence-corrected chi connectivity index (χ0v) is 18.5. The number of hydrogen-bond donors (Lipinski definition) is 0. The highest BCUT2D eigenvalue weighted by atomic mass is 35.5. The minimum atomic E-state index is -0.664. The van der Waals surface area contributed by atoms with Crippen LogP contribution in [0.4, 0.5) is 4.39 Å². The summed E-state index contributed by atoms with van der Waals surface area (Å²) in [4.78, 5) is 30.8. The molecule has 2 heterocycles. The Morgan fingerprint density at radius 2 is 1.83 bits per heavy atom. The van der Waals surface area contributed by atoms with Crippen LogP contribution in [-0.2, 0) is 9.59 Å². The summed E-state index contributed by atoms with van der Waals surface area (Å²) in [5.41, 5.74) is 0.794. The number of likely N-dealkylation sites (tertiary alicyclic amines) is 1. The second-order valence-corrected chi connectivity index (χ2v) is 8.65. The molecule has 1 aromatic carbocycles. The van der Waals surface area contributed by atoms with Crippen LogP contribution in [0.25, 0.3) is 6.08 Å². The maximum Gasteiger partial charge on any atom is 0.246 e. The summed E-state index contributed by atoms with van der Waals surface area (Å²) < 4.78 is 13.2. The first kappa shape index (κ1) is 23.0. The molecule has 2 aliphatic rings. The van der Waals surface area contributed by atoms with Crippen LogP contribution in [0.3, 0.4) is 0 Å². The molecule has 2 aliphatic heterocycles. The molecule has 2 fully saturated rings. The van der Waals surface area contributed by atoms with Crippen LogP contribution >= 0.6 is 23.2 Å². The summed E-state index contributed by atoms with van der Waals surface area (Å²) in [6, 6.07) is 5.19. The van der Waals surface area contributed by atoms with Gasteiger partial charge in [0.15, 0.2) is 0 Å². The number of halogens is 3. The van der Waals surface area contributed by atoms with Crippen LogP contribution in [0.5, 0.6) is 0 Å². The molecule has 0 radical (unpaired) electrons. The summed E-state index contributed by atoms with van der Waals surface area (Å²) in [6.07, 6.45) is 4.96. The van der Waals surface area contributed by atoms with E-state index in [1.165, 1.54) is 6.08 Å². The molecule has 0 aliphatic carbocycles. The van der Waals surface area contributed by atoms with Crippen molar-refractivity contribution in [3.8, 4) is 0 Å². The second kappa shape index (κ2) is 11.1. The lowest BCUT2D eigenvalue weighted by Crippen LogP contribution is -2.38. The number of carbonyl (C=O) groups excluding carboxylic acids is 2. The van der Waals surface area contributed by atoms with E-state index < -0.39 is 6.17 Å². The lowest BCUT2D eigenvalue weighted by molar-refractivity contribution is -0.130. The first-order valence-electron chi connectivity index (χ1n) is 10.5. The SMILES string of the molecule is O=C(/C=C/c1ccc(Cl)c(Cl)c1)N1CCC(=O)N(CCCN2CCC(F)CC2)CC1. The molecule has 0 bridgehead atoms. The minimum absolute atomic E-state index is 0.0845. The molecule has 0 aromatic heterocycles. The number of hydrogen-bond acceptors (Lipinski definition) is 3. The zero-order valence-electron chi connectivity index (χ0n) is 17.0. The summed E-state index contributed by atoms with van der Waals surface area (Å²) in [5.74, 6) is -0.0361. The van der Waals surface area contributed by atoms with Gasteiger partial charge in [-0.15, -0.1) is 0 Å². The molecule has 2 saturated heterocycles. The van der Waals surface area contributed by atoms with Crippen LogP contribution in [0, 0.1) is 0 Å². The summed E-state index contributed by atoms with van der Waals surface area (Å²) in [6.45, 7) is 4.62. The molecule has 3 rings (SSSR count). The van der Waals surface area contributed by atoms with Gasteiger partial charge in [0.1, 0.15) is 6.17 Å². The molecule has 0 spiro atoms. The molecular weight excluding hydrogens is 428 g/mol. The number of rotatable bonds is 6. The third-order valence-electron chi connectivity index (χ3n) is 5.68. The van der Waals surface area contributed by atoms with Crippen LogP contribution in [0.2, 0.25) is 10.0 Å². The summed E-state index contributed by atoms with van der Waals surface area (Å²) in [7, 11) is 0. The Bertz CT molecular complexity index is 782. The molecule has 0 unspecified atom stereocenters. The number of alkyl halides is 1. The van der Waals surface area contributed by atoms with Crippen LogP contribution < -0.4 is 0 Å². The number of benzene rings is 1. The molecule has 0 N–H and O–H groups in total. The number of piperidine rings is 1. The van der Waals surface area contributed by atoms with Crippen molar-refractivity contribution in [2.24, 2.45) is 0 Å². The minimum Gasteiger partial charge on any atom is -0.341 e. The molecule has 1 aromatic rings. The average Bonchev–Trinajstić information content (AvgIpc) is 2.92. The Kier molecular flexibility index (Phi) is 8.54. The average molecular weight is 456 g/mol. The van der Waals surface area contributed by atoms with Gasteiger partial charge in [0.25, 0.3) is 0 Å². The van der Waals surface area contributed by atoms with Gasteiger partial charge >= 0.3 is 0 Å². The summed E-state index contributed by atoms with van der Waals surface area (Å²) >= 11 is 11.9. The van der Waals surface area contributed by atoms with Crippen molar-refractivity contribution >= 4 is 41.1 Å². The molecular formula is C22H28Cl2FN3O2. The fourth-order valence-electron chi connectivity index (χ4n) is 3.82. The molecule has 0 saturated carbocycles. The predicted molar refractivity (Wildman–Crippen MR) is 118 cm³/mol. The van der Waals surface area contributed by atoms with E-state index in [1.54, 1.807) is 29.2 Å². The van der Waals surface area contributed by atoms with E-state index >= 15 is 0 Å². The van der Waals surface area contributed by atoms with Gasteiger partial charge in [0.2, 0.25) is 11.8 Å². The topological polar surface area (TPSA) is 43.9 Å². The Morgan fingerprint density at radius 1 is 1.07 bits per heavy atom. The molecule has 5 nitrogen and oxygen atoms in total. The number of amides is 2. The fourth-order valence-corrected chi connectivity index (χ4v) is 4.13. The normalized spacial score (nSPS) is 19.5. The maximum absolute atomic E-state index is 13.2. The third-order valence-corrected chi connectivity index (χ3v) is 6.42. The molecule has 30 heavy (non-hydrogen) atoms. The number of carbonyl (C=O) groups is 2. The smallest absolute Gasteiger partial charge is 0.246 e. The van der Waals surface area contributed by atoms with Gasteiger partial charge in [0, 0.05) is 51.8 Å². The van der Waals surface area contributed by atoms with Gasteiger partial charge in [-0.3, -0.25) is 9.59 Å². The highest BCUT2D eigenvalue weighted by molar-refractivity contribution is 6.42. The second-order valence-electron chi connectivity index (χ2n) is 7.83. The van der Waals surface area contributed by atoms with Crippen molar-refractivity contribution in [2.45, 2.75) is 31.9 Å². The van der Waals surface area contributed by atoms with Crippen molar-refractivity contribution in [3.05, 3.63) is 39.9 Å². The van der Waals surface area contributed by atoms with Gasteiger partial charge in [-0.05, 0) is 49.6 Å². The van der Waals surface area contributed by atoms with Crippen LogP contribution in [0.15, 0.2) is 24.3 Å². The first-order chi connectivity index (χ1) is 14.4. The van der Waals surface area contributed by atoms with Crippen molar-refractivity contribution in [3.63, 3.8) is 0 Å². The Labute approximate surface area is 187 Å². The van der Waals surface area contributed by atoms with Crippen molar-refractivity contribution < 1.29 is 14.0 Å². The van der Waals surface area contributed by atoms with Gasteiger partial charge in [-0.1, -0.05) is 29.3 Å². The van der Waals surface area contributed by atoms with Gasteiger partial charge in [0.05, 0.1) is 10.0 Å². The van der Waals surface area contributed by atoms with E-state index in [-0.39, 0.29) is 11.8 Å². The van der Waals surface area contributed by atoms with Crippen molar-refractivity contribution in [2.75, 3.05) is 45.8 Å². The largest absolute Gasteiger partial charge is 0.341 e. The fraction of sp³-hybridized carbons (Fsp3) is 0.545. The molecule has 2 amide bonds. The third kappa shape index (κ3) is 6.69. The van der Waals surface area contributed by atoms with E-state index in [9.17, 15) is 14.0 Å². The lowest BCUT2D eigenvalue weighted by Gasteiger charge is -2.29. The van der Waals surface area contributed by atoms with Gasteiger partial charge < -0.3 is 14.7 Å². The van der Waals surface area contributed by atoms with Crippen LogP contribution in [0.1, 0.15) is 31.2 Å². The van der Waals surface area contributed by atoms with E-state index in [1.807, 2.05) is 4.90 Å². The standard InChI is InChI=1S/C22H28Cl2FN3O2/c23-19-4-2-17(16-20(19)24)3-5-21(29)28-13-8-22(30)27(14-15-28)10-1-9-26-11-6-18(25)7-12-26/h2-5,16,18H,1,6-15H2/b5-3+. The maximum atomic E-state index is 13.2. The monoisotopic (exact) mass is 455 g/mol. The van der Waals surface area contributed by atoms with Crippen molar-refractivity contribution in [1.82, 2.24) is 14.7 Å². The van der Waals surface area contributed by atoms with E-state index in [4.69, 9.17) is 23.2 Å². The molecule has 0 atom stereocenters. The van der Waals surface area contributed by atoms with Gasteiger partial charge in [-0.25, -0.2) is 4.39 Å². The van der Waals surface area contributed by atoms with Crippen molar-refractivity contribution in [1.29, 1.82) is 0 Å². The zero-order chi connectivity index (χ0) is 21.5. The Balaban J connectivity index is 1.45. The summed E-state index contributed by atoms with van der Waals surface area (Å²) in [5, 5.41) is 0.912. The first-order valence-corrected chi connectivity index (χ1v) is 11.2. The Hall–Kier alpha value is -1.63. The highest BCUT2D eigenvalue weighted by Crippen LogP contribution is 2.23. The van der Waals surface area contributed by atoms with E-state index in [0.717, 1.165) is 31.6 Å².